The van der Waals surface area contributed by atoms with Crippen molar-refractivity contribution in [2.75, 3.05) is 6.54 Å². The minimum Gasteiger partial charge on any atom is -0.354 e. The third-order valence-corrected chi connectivity index (χ3v) is 5.17. The lowest BCUT2D eigenvalue weighted by Crippen LogP contribution is -1.99. The SMILES string of the molecule is NCCCCc1c(-c2ccc(I)cc2)[nH]c2cc(Cl)cc(Cl)c12. The first-order valence-electron chi connectivity index (χ1n) is 7.55. The van der Waals surface area contributed by atoms with Crippen LogP contribution >= 0.6 is 45.8 Å². The van der Waals surface area contributed by atoms with Gasteiger partial charge < -0.3 is 10.7 Å². The maximum absolute atomic E-state index is 6.48. The van der Waals surface area contributed by atoms with Crippen molar-refractivity contribution in [3.05, 3.63) is 55.6 Å². The summed E-state index contributed by atoms with van der Waals surface area (Å²) < 4.78 is 1.22. The first kappa shape index (κ1) is 17.1. The van der Waals surface area contributed by atoms with Gasteiger partial charge in [0.1, 0.15) is 0 Å². The van der Waals surface area contributed by atoms with Crippen LogP contribution in [0.2, 0.25) is 10.0 Å². The monoisotopic (exact) mass is 458 g/mol. The number of rotatable bonds is 5. The van der Waals surface area contributed by atoms with Crippen LogP contribution in [0, 0.1) is 3.57 Å². The van der Waals surface area contributed by atoms with Crippen molar-refractivity contribution in [1.29, 1.82) is 0 Å². The second-order valence-electron chi connectivity index (χ2n) is 5.54. The van der Waals surface area contributed by atoms with Crippen LogP contribution in [0.5, 0.6) is 0 Å². The zero-order valence-corrected chi connectivity index (χ0v) is 16.2. The maximum atomic E-state index is 6.48. The average molecular weight is 459 g/mol. The number of hydrogen-bond donors (Lipinski definition) is 2. The summed E-state index contributed by atoms with van der Waals surface area (Å²) in [6.07, 6.45) is 2.99. The van der Waals surface area contributed by atoms with Crippen LogP contribution in [0.4, 0.5) is 0 Å². The van der Waals surface area contributed by atoms with Crippen LogP contribution in [-0.2, 0) is 6.42 Å². The predicted molar refractivity (Wildman–Crippen MR) is 108 cm³/mol. The highest BCUT2D eigenvalue weighted by atomic mass is 127. The molecule has 2 aromatic carbocycles. The van der Waals surface area contributed by atoms with Gasteiger partial charge in [0.2, 0.25) is 0 Å². The van der Waals surface area contributed by atoms with Crippen LogP contribution in [0.15, 0.2) is 36.4 Å². The van der Waals surface area contributed by atoms with Crippen molar-refractivity contribution in [3.8, 4) is 11.3 Å². The Hall–Kier alpha value is -0.750. The third-order valence-electron chi connectivity index (χ3n) is 3.93. The van der Waals surface area contributed by atoms with E-state index in [1.165, 1.54) is 9.13 Å². The molecule has 23 heavy (non-hydrogen) atoms. The first-order chi connectivity index (χ1) is 11.1. The number of benzene rings is 2. The van der Waals surface area contributed by atoms with Gasteiger partial charge in [-0.25, -0.2) is 0 Å². The summed E-state index contributed by atoms with van der Waals surface area (Å²) in [5, 5.41) is 2.41. The molecule has 0 saturated carbocycles. The Morgan fingerprint density at radius 1 is 1.04 bits per heavy atom. The lowest BCUT2D eigenvalue weighted by Gasteiger charge is -2.06. The molecule has 3 rings (SSSR count). The third kappa shape index (κ3) is 3.68. The Balaban J connectivity index is 2.16. The summed E-state index contributed by atoms with van der Waals surface area (Å²) >= 11 is 14.9. The maximum Gasteiger partial charge on any atom is 0.0517 e. The number of nitrogens with two attached hydrogens (primary N) is 1. The van der Waals surface area contributed by atoms with E-state index in [1.54, 1.807) is 0 Å². The van der Waals surface area contributed by atoms with E-state index < -0.39 is 0 Å². The number of halogens is 3. The van der Waals surface area contributed by atoms with Crippen molar-refractivity contribution in [2.45, 2.75) is 19.3 Å². The van der Waals surface area contributed by atoms with Gasteiger partial charge in [0, 0.05) is 25.2 Å². The molecular formula is C18H17Cl2IN2. The molecule has 0 unspecified atom stereocenters. The summed E-state index contributed by atoms with van der Waals surface area (Å²) in [5.41, 5.74) is 10.2. The molecule has 0 saturated heterocycles. The van der Waals surface area contributed by atoms with Gasteiger partial charge in [-0.1, -0.05) is 35.3 Å². The van der Waals surface area contributed by atoms with E-state index in [2.05, 4.69) is 51.8 Å². The number of unbranched alkanes of at least 4 members (excludes halogenated alkanes) is 1. The standard InChI is InChI=1S/C18H17Cl2IN2/c19-12-9-15(20)17-14(3-1-2-8-22)18(23-16(17)10-12)11-4-6-13(21)7-5-11/h4-7,9-10,23H,1-3,8,22H2. The number of aryl methyl sites for hydroxylation is 1. The molecule has 0 spiro atoms. The number of fused-ring (bicyclic) bond motifs is 1. The summed E-state index contributed by atoms with van der Waals surface area (Å²) in [6, 6.07) is 12.2. The van der Waals surface area contributed by atoms with Gasteiger partial charge >= 0.3 is 0 Å². The van der Waals surface area contributed by atoms with E-state index in [9.17, 15) is 0 Å². The molecule has 0 aliphatic carbocycles. The van der Waals surface area contributed by atoms with Gasteiger partial charge in [0.15, 0.2) is 0 Å². The first-order valence-corrected chi connectivity index (χ1v) is 9.39. The van der Waals surface area contributed by atoms with Crippen molar-refractivity contribution < 1.29 is 0 Å². The molecule has 0 radical (unpaired) electrons. The van der Waals surface area contributed by atoms with Crippen LogP contribution in [0.3, 0.4) is 0 Å². The van der Waals surface area contributed by atoms with E-state index in [0.717, 1.165) is 41.4 Å². The quantitative estimate of drug-likeness (QED) is 0.355. The Bertz CT molecular complexity index is 825. The van der Waals surface area contributed by atoms with Crippen LogP contribution in [0.25, 0.3) is 22.2 Å². The summed E-state index contributed by atoms with van der Waals surface area (Å²) in [4.78, 5) is 3.51. The van der Waals surface area contributed by atoms with Crippen molar-refractivity contribution in [2.24, 2.45) is 5.73 Å². The smallest absolute Gasteiger partial charge is 0.0517 e. The molecular weight excluding hydrogens is 442 g/mol. The molecule has 0 amide bonds. The van der Waals surface area contributed by atoms with E-state index in [1.807, 2.05) is 12.1 Å². The van der Waals surface area contributed by atoms with Crippen molar-refractivity contribution >= 4 is 56.7 Å². The summed E-state index contributed by atoms with van der Waals surface area (Å²) in [7, 11) is 0. The van der Waals surface area contributed by atoms with Gasteiger partial charge in [-0.15, -0.1) is 0 Å². The molecule has 120 valence electrons. The minimum absolute atomic E-state index is 0.645. The summed E-state index contributed by atoms with van der Waals surface area (Å²) in [6.45, 7) is 0.709. The van der Waals surface area contributed by atoms with E-state index in [0.29, 0.717) is 16.6 Å². The number of aromatic amines is 1. The van der Waals surface area contributed by atoms with Crippen LogP contribution < -0.4 is 5.73 Å². The average Bonchev–Trinajstić information content (AvgIpc) is 2.87. The zero-order chi connectivity index (χ0) is 16.4. The molecule has 0 aliphatic rings. The largest absolute Gasteiger partial charge is 0.354 e. The molecule has 3 N–H and O–H groups in total. The topological polar surface area (TPSA) is 41.8 Å². The van der Waals surface area contributed by atoms with Gasteiger partial charge in [0.25, 0.3) is 0 Å². The van der Waals surface area contributed by atoms with Gasteiger partial charge in [-0.2, -0.15) is 0 Å². The number of hydrogen-bond acceptors (Lipinski definition) is 1. The second kappa shape index (κ2) is 7.43. The molecule has 3 aromatic rings. The normalized spacial score (nSPS) is 11.3. The molecule has 0 fully saturated rings. The predicted octanol–water partition coefficient (Wildman–Crippen LogP) is 6.03. The zero-order valence-electron chi connectivity index (χ0n) is 12.5. The highest BCUT2D eigenvalue weighted by molar-refractivity contribution is 14.1. The number of nitrogens with one attached hydrogen (secondary N) is 1. The van der Waals surface area contributed by atoms with Crippen molar-refractivity contribution in [1.82, 2.24) is 4.98 Å². The Kier molecular flexibility index (Phi) is 5.52. The fraction of sp³-hybridized carbons (Fsp3) is 0.222. The van der Waals surface area contributed by atoms with E-state index in [-0.39, 0.29) is 0 Å². The fourth-order valence-electron chi connectivity index (χ4n) is 2.87. The van der Waals surface area contributed by atoms with Crippen LogP contribution in [-0.4, -0.2) is 11.5 Å². The number of aromatic nitrogens is 1. The van der Waals surface area contributed by atoms with E-state index in [4.69, 9.17) is 28.9 Å². The molecule has 0 bridgehead atoms. The minimum atomic E-state index is 0.645. The molecule has 0 atom stereocenters. The van der Waals surface area contributed by atoms with E-state index >= 15 is 0 Å². The number of H-pyrrole nitrogens is 1. The molecule has 2 nitrogen and oxygen atoms in total. The lowest BCUT2D eigenvalue weighted by molar-refractivity contribution is 0.748. The summed E-state index contributed by atoms with van der Waals surface area (Å²) in [5.74, 6) is 0. The Morgan fingerprint density at radius 2 is 1.78 bits per heavy atom. The second-order valence-corrected chi connectivity index (χ2v) is 7.63. The highest BCUT2D eigenvalue weighted by Crippen LogP contribution is 2.37. The highest BCUT2D eigenvalue weighted by Gasteiger charge is 2.16. The Morgan fingerprint density at radius 3 is 2.48 bits per heavy atom. The van der Waals surface area contributed by atoms with Gasteiger partial charge in [-0.3, -0.25) is 0 Å². The molecule has 1 aromatic heterocycles. The van der Waals surface area contributed by atoms with Gasteiger partial charge in [0.05, 0.1) is 5.02 Å². The lowest BCUT2D eigenvalue weighted by atomic mass is 10.0. The van der Waals surface area contributed by atoms with Crippen LogP contribution in [0.1, 0.15) is 18.4 Å². The molecule has 5 heteroatoms. The molecule has 0 aliphatic heterocycles. The van der Waals surface area contributed by atoms with Gasteiger partial charge in [-0.05, 0) is 83.8 Å². The fourth-order valence-corrected chi connectivity index (χ4v) is 3.84. The van der Waals surface area contributed by atoms with Crippen molar-refractivity contribution in [3.63, 3.8) is 0 Å². The molecule has 1 heterocycles. The Labute approximate surface area is 159 Å².